The lowest BCUT2D eigenvalue weighted by molar-refractivity contribution is -0.304. The summed E-state index contributed by atoms with van der Waals surface area (Å²) in [5.41, 5.74) is 0. The van der Waals surface area contributed by atoms with Gasteiger partial charge in [-0.1, -0.05) is 12.8 Å². The van der Waals surface area contributed by atoms with Gasteiger partial charge in [0.25, 0.3) is 0 Å². The molecule has 162 valence electrons. The Bertz CT molecular complexity index is 520. The quantitative estimate of drug-likeness (QED) is 0.497. The molecule has 0 radical (unpaired) electrons. The van der Waals surface area contributed by atoms with Crippen LogP contribution in [0.3, 0.4) is 0 Å². The molecule has 2 aliphatic heterocycles. The molecule has 9 atom stereocenters. The molecule has 0 bridgehead atoms. The molecule has 0 aromatic heterocycles. The number of aliphatic hydroxyl groups is 3. The molecule has 1 amide bonds. The average Bonchev–Trinajstić information content (AvgIpc) is 2.62. The second-order valence-corrected chi connectivity index (χ2v) is 8.14. The highest BCUT2D eigenvalue weighted by molar-refractivity contribution is 5.73. The first-order valence-electron chi connectivity index (χ1n) is 10.2. The average molecular weight is 403 g/mol. The summed E-state index contributed by atoms with van der Waals surface area (Å²) < 4.78 is 23.5. The van der Waals surface area contributed by atoms with Gasteiger partial charge in [0.1, 0.15) is 6.10 Å². The van der Waals surface area contributed by atoms with E-state index in [9.17, 15) is 20.1 Å². The minimum absolute atomic E-state index is 0.146. The number of carbonyl (C=O) groups excluding carboxylic acids is 1. The maximum absolute atomic E-state index is 11.5. The number of rotatable bonds is 5. The minimum atomic E-state index is -1.10. The summed E-state index contributed by atoms with van der Waals surface area (Å²) in [4.78, 5) is 11.5. The van der Waals surface area contributed by atoms with Crippen LogP contribution in [0.4, 0.5) is 0 Å². The molecule has 0 spiro atoms. The molecule has 1 saturated carbocycles. The van der Waals surface area contributed by atoms with Crippen molar-refractivity contribution < 1.29 is 39.1 Å². The highest BCUT2D eigenvalue weighted by Crippen LogP contribution is 2.31. The first-order valence-corrected chi connectivity index (χ1v) is 10.2. The van der Waals surface area contributed by atoms with E-state index in [-0.39, 0.29) is 30.8 Å². The van der Waals surface area contributed by atoms with E-state index in [1.807, 2.05) is 6.92 Å². The molecule has 1 aliphatic carbocycles. The van der Waals surface area contributed by atoms with Gasteiger partial charge in [0.15, 0.2) is 12.6 Å². The number of carbonyl (C=O) groups is 1. The predicted molar refractivity (Wildman–Crippen MR) is 97.1 cm³/mol. The molecule has 0 aromatic carbocycles. The Labute approximate surface area is 165 Å². The Balaban J connectivity index is 1.63. The van der Waals surface area contributed by atoms with Crippen LogP contribution in [0.15, 0.2) is 0 Å². The molecule has 0 aromatic rings. The van der Waals surface area contributed by atoms with E-state index in [1.165, 1.54) is 6.92 Å². The van der Waals surface area contributed by atoms with Crippen LogP contribution in [0.1, 0.15) is 52.4 Å². The zero-order valence-electron chi connectivity index (χ0n) is 16.5. The van der Waals surface area contributed by atoms with Gasteiger partial charge in [-0.25, -0.2) is 0 Å². The molecule has 0 unspecified atom stereocenters. The standard InChI is InChI=1S/C19H33NO8/c1-10-7-14(23)17(24)19(26-10)28-16-6-4-3-5-15(16)27-18-13(20-11(2)21)8-12(22)9-25-18/h10,12-19,22-24H,3-9H2,1-2H3,(H,20,21)/t10-,12+,13+,14+,15+,16+,17-,18-,19-/m0/s1. The largest absolute Gasteiger partial charge is 0.391 e. The fourth-order valence-corrected chi connectivity index (χ4v) is 4.17. The van der Waals surface area contributed by atoms with Crippen LogP contribution in [0.25, 0.3) is 0 Å². The van der Waals surface area contributed by atoms with Crippen molar-refractivity contribution in [3.8, 4) is 0 Å². The SMILES string of the molecule is CC(=O)N[C@@H]1C[C@@H](O)CO[C@H]1O[C@@H]1CCCC[C@H]1O[C@@H]1O[C@@H](C)C[C@@H](O)[C@@H]1O. The normalized spacial score (nSPS) is 44.8. The first-order chi connectivity index (χ1) is 13.3. The van der Waals surface area contributed by atoms with Gasteiger partial charge >= 0.3 is 0 Å². The van der Waals surface area contributed by atoms with Crippen molar-refractivity contribution in [2.24, 2.45) is 0 Å². The smallest absolute Gasteiger partial charge is 0.217 e. The number of amides is 1. The van der Waals surface area contributed by atoms with Crippen molar-refractivity contribution in [2.75, 3.05) is 6.61 Å². The summed E-state index contributed by atoms with van der Waals surface area (Å²) in [7, 11) is 0. The van der Waals surface area contributed by atoms with Crippen LogP contribution < -0.4 is 5.32 Å². The van der Waals surface area contributed by atoms with Crippen LogP contribution in [-0.2, 0) is 23.7 Å². The predicted octanol–water partition coefficient (Wildman–Crippen LogP) is -0.200. The van der Waals surface area contributed by atoms with Crippen LogP contribution in [-0.4, -0.2) is 83.1 Å². The Kier molecular flexibility index (Phi) is 7.66. The highest BCUT2D eigenvalue weighted by Gasteiger charge is 2.41. The highest BCUT2D eigenvalue weighted by atomic mass is 16.7. The molecule has 2 heterocycles. The van der Waals surface area contributed by atoms with Gasteiger partial charge in [-0.05, 0) is 19.8 Å². The third-order valence-electron chi connectivity index (χ3n) is 5.57. The number of hydrogen-bond donors (Lipinski definition) is 4. The Morgan fingerprint density at radius 2 is 1.68 bits per heavy atom. The molecule has 9 nitrogen and oxygen atoms in total. The first kappa shape index (κ1) is 21.9. The van der Waals surface area contributed by atoms with Crippen LogP contribution in [0, 0.1) is 0 Å². The van der Waals surface area contributed by atoms with Gasteiger partial charge in [0, 0.05) is 19.8 Å². The van der Waals surface area contributed by atoms with Gasteiger partial charge in [-0.3, -0.25) is 4.79 Å². The monoisotopic (exact) mass is 403 g/mol. The van der Waals surface area contributed by atoms with E-state index in [0.717, 1.165) is 25.7 Å². The number of hydrogen-bond acceptors (Lipinski definition) is 8. The van der Waals surface area contributed by atoms with Gasteiger partial charge in [-0.15, -0.1) is 0 Å². The Morgan fingerprint density at radius 3 is 2.32 bits per heavy atom. The molecule has 3 fully saturated rings. The summed E-state index contributed by atoms with van der Waals surface area (Å²) in [5.74, 6) is -0.213. The maximum atomic E-state index is 11.5. The van der Waals surface area contributed by atoms with Crippen molar-refractivity contribution in [1.82, 2.24) is 5.32 Å². The summed E-state index contributed by atoms with van der Waals surface area (Å²) in [6.07, 6.45) is -0.908. The Hall–Kier alpha value is -0.810. The van der Waals surface area contributed by atoms with Gasteiger partial charge < -0.3 is 39.6 Å². The van der Waals surface area contributed by atoms with Gasteiger partial charge in [0.05, 0.1) is 43.2 Å². The molecule has 3 rings (SSSR count). The second kappa shape index (κ2) is 9.80. The topological polar surface area (TPSA) is 127 Å². The Morgan fingerprint density at radius 1 is 1.04 bits per heavy atom. The van der Waals surface area contributed by atoms with E-state index in [2.05, 4.69) is 5.32 Å². The van der Waals surface area contributed by atoms with E-state index < -0.39 is 36.9 Å². The molecule has 2 saturated heterocycles. The number of nitrogens with one attached hydrogen (secondary N) is 1. The van der Waals surface area contributed by atoms with Crippen LogP contribution in [0.5, 0.6) is 0 Å². The summed E-state index contributed by atoms with van der Waals surface area (Å²) in [6, 6.07) is -0.442. The third-order valence-corrected chi connectivity index (χ3v) is 5.57. The summed E-state index contributed by atoms with van der Waals surface area (Å²) in [5, 5.41) is 32.8. The van der Waals surface area contributed by atoms with E-state index in [4.69, 9.17) is 18.9 Å². The lowest BCUT2D eigenvalue weighted by Gasteiger charge is -2.42. The van der Waals surface area contributed by atoms with E-state index >= 15 is 0 Å². The molecule has 9 heteroatoms. The maximum Gasteiger partial charge on any atom is 0.217 e. The molecule has 4 N–H and O–H groups in total. The molecular weight excluding hydrogens is 370 g/mol. The van der Waals surface area contributed by atoms with Crippen LogP contribution in [0.2, 0.25) is 0 Å². The van der Waals surface area contributed by atoms with Crippen LogP contribution >= 0.6 is 0 Å². The van der Waals surface area contributed by atoms with Crippen molar-refractivity contribution in [2.45, 2.75) is 108 Å². The second-order valence-electron chi connectivity index (χ2n) is 8.14. The lowest BCUT2D eigenvalue weighted by atomic mass is 9.94. The van der Waals surface area contributed by atoms with E-state index in [0.29, 0.717) is 12.8 Å². The molecule has 28 heavy (non-hydrogen) atoms. The summed E-state index contributed by atoms with van der Waals surface area (Å²) >= 11 is 0. The summed E-state index contributed by atoms with van der Waals surface area (Å²) in [6.45, 7) is 3.39. The van der Waals surface area contributed by atoms with Gasteiger partial charge in [0.2, 0.25) is 5.91 Å². The fraction of sp³-hybridized carbons (Fsp3) is 0.947. The zero-order chi connectivity index (χ0) is 20.3. The zero-order valence-corrected chi connectivity index (χ0v) is 16.5. The lowest BCUT2D eigenvalue weighted by Crippen LogP contribution is -2.55. The van der Waals surface area contributed by atoms with Crippen molar-refractivity contribution in [1.29, 1.82) is 0 Å². The minimum Gasteiger partial charge on any atom is -0.391 e. The van der Waals surface area contributed by atoms with Crippen molar-refractivity contribution in [3.63, 3.8) is 0 Å². The fourth-order valence-electron chi connectivity index (χ4n) is 4.17. The van der Waals surface area contributed by atoms with E-state index in [1.54, 1.807) is 0 Å². The number of ether oxygens (including phenoxy) is 4. The number of aliphatic hydroxyl groups excluding tert-OH is 3. The van der Waals surface area contributed by atoms with Gasteiger partial charge in [-0.2, -0.15) is 0 Å². The third kappa shape index (κ3) is 5.63. The molecule has 3 aliphatic rings. The molecular formula is C19H33NO8. The van der Waals surface area contributed by atoms with Crippen molar-refractivity contribution in [3.05, 3.63) is 0 Å². The van der Waals surface area contributed by atoms with Crippen molar-refractivity contribution >= 4 is 5.91 Å².